The summed E-state index contributed by atoms with van der Waals surface area (Å²) in [5.41, 5.74) is 1.27. The van der Waals surface area contributed by atoms with Crippen LogP contribution in [-0.2, 0) is 6.54 Å². The Balaban J connectivity index is 1.94. The number of ether oxygens (including phenoxy) is 2. The second-order valence-electron chi connectivity index (χ2n) is 9.20. The third-order valence-corrected chi connectivity index (χ3v) is 4.91. The zero-order chi connectivity index (χ0) is 20.7. The highest BCUT2D eigenvalue weighted by Gasteiger charge is 2.20. The Morgan fingerprint density at radius 2 is 1.93 bits per heavy atom. The normalized spacial score (nSPS) is 17.7. The van der Waals surface area contributed by atoms with Crippen LogP contribution in [0.3, 0.4) is 0 Å². The van der Waals surface area contributed by atoms with Crippen molar-refractivity contribution in [3.8, 4) is 11.5 Å². The maximum absolute atomic E-state index is 10.4. The van der Waals surface area contributed by atoms with E-state index in [1.54, 1.807) is 7.11 Å². The molecule has 1 fully saturated rings. The number of benzene rings is 1. The Morgan fingerprint density at radius 1 is 1.25 bits per heavy atom. The molecule has 0 spiro atoms. The van der Waals surface area contributed by atoms with E-state index in [1.165, 1.54) is 0 Å². The third kappa shape index (κ3) is 7.95. The number of nitrogens with zero attached hydrogens (tertiary/aromatic N) is 2. The van der Waals surface area contributed by atoms with Crippen LogP contribution in [0.2, 0.25) is 0 Å². The summed E-state index contributed by atoms with van der Waals surface area (Å²) in [6.07, 6.45) is 0.793. The summed E-state index contributed by atoms with van der Waals surface area (Å²) in [7, 11) is 3.77. The van der Waals surface area contributed by atoms with Crippen molar-refractivity contribution >= 4 is 0 Å². The molecular formula is C22H38N2O4. The lowest BCUT2D eigenvalue weighted by Crippen LogP contribution is -2.41. The van der Waals surface area contributed by atoms with Crippen LogP contribution in [-0.4, -0.2) is 79.2 Å². The van der Waals surface area contributed by atoms with Crippen molar-refractivity contribution in [3.05, 3.63) is 23.8 Å². The standard InChI is InChI=1S/C22H38N2O4/c1-22(2,3)16-23(4)13-17-12-20(27-5)6-7-21(17)28-15-19(26)14-24-10-8-18(25)9-11-24/h6-7,12,18-19,25-26H,8-11,13-16H2,1-5H3. The minimum atomic E-state index is -0.558. The molecule has 0 amide bonds. The van der Waals surface area contributed by atoms with Gasteiger partial charge in [0.1, 0.15) is 24.2 Å². The van der Waals surface area contributed by atoms with Crippen molar-refractivity contribution in [3.63, 3.8) is 0 Å². The van der Waals surface area contributed by atoms with Gasteiger partial charge in [-0.25, -0.2) is 0 Å². The molecule has 0 aromatic heterocycles. The smallest absolute Gasteiger partial charge is 0.124 e. The van der Waals surface area contributed by atoms with Gasteiger partial charge in [-0.2, -0.15) is 0 Å². The third-order valence-electron chi connectivity index (χ3n) is 4.91. The quantitative estimate of drug-likeness (QED) is 0.670. The first kappa shape index (κ1) is 22.9. The van der Waals surface area contributed by atoms with Gasteiger partial charge in [0.25, 0.3) is 0 Å². The molecule has 1 aliphatic heterocycles. The van der Waals surface area contributed by atoms with E-state index >= 15 is 0 Å². The molecule has 1 aliphatic rings. The molecule has 1 aromatic carbocycles. The van der Waals surface area contributed by atoms with E-state index in [0.717, 1.165) is 56.1 Å². The van der Waals surface area contributed by atoms with Crippen LogP contribution in [0.15, 0.2) is 18.2 Å². The molecule has 0 bridgehead atoms. The number of aliphatic hydroxyl groups excluding tert-OH is 2. The van der Waals surface area contributed by atoms with E-state index < -0.39 is 6.10 Å². The second kappa shape index (κ2) is 10.4. The van der Waals surface area contributed by atoms with Gasteiger partial charge in [-0.3, -0.25) is 0 Å². The van der Waals surface area contributed by atoms with Crippen molar-refractivity contribution in [1.82, 2.24) is 9.80 Å². The molecule has 6 nitrogen and oxygen atoms in total. The lowest BCUT2D eigenvalue weighted by molar-refractivity contribution is 0.0335. The topological polar surface area (TPSA) is 65.4 Å². The maximum atomic E-state index is 10.4. The average Bonchev–Trinajstić information content (AvgIpc) is 2.61. The zero-order valence-corrected chi connectivity index (χ0v) is 18.1. The van der Waals surface area contributed by atoms with Crippen LogP contribution >= 0.6 is 0 Å². The van der Waals surface area contributed by atoms with Crippen LogP contribution in [0.25, 0.3) is 0 Å². The number of hydrogen-bond acceptors (Lipinski definition) is 6. The highest BCUT2D eigenvalue weighted by Crippen LogP contribution is 2.27. The van der Waals surface area contributed by atoms with Crippen LogP contribution in [0.5, 0.6) is 11.5 Å². The molecule has 1 heterocycles. The van der Waals surface area contributed by atoms with E-state index in [-0.39, 0.29) is 18.1 Å². The van der Waals surface area contributed by atoms with Crippen molar-refractivity contribution in [2.75, 3.05) is 46.9 Å². The number of β-amino-alcohol motifs (C(OH)–C–C–N with tert-alkyl or cyclic N) is 1. The summed E-state index contributed by atoms with van der Waals surface area (Å²) in [4.78, 5) is 4.46. The zero-order valence-electron chi connectivity index (χ0n) is 18.1. The van der Waals surface area contributed by atoms with Crippen LogP contribution in [0.1, 0.15) is 39.2 Å². The molecule has 0 radical (unpaired) electrons. The predicted octanol–water partition coefficient (Wildman–Crippen LogP) is 2.37. The van der Waals surface area contributed by atoms with Gasteiger partial charge in [-0.1, -0.05) is 20.8 Å². The van der Waals surface area contributed by atoms with Gasteiger partial charge in [0.2, 0.25) is 0 Å². The largest absolute Gasteiger partial charge is 0.497 e. The van der Waals surface area contributed by atoms with E-state index in [9.17, 15) is 10.2 Å². The molecule has 1 aromatic rings. The summed E-state index contributed by atoms with van der Waals surface area (Å²) < 4.78 is 11.4. The fourth-order valence-corrected chi connectivity index (χ4v) is 3.74. The Hall–Kier alpha value is -1.34. The summed E-state index contributed by atoms with van der Waals surface area (Å²) in [6.45, 7) is 10.9. The lowest BCUT2D eigenvalue weighted by atomic mass is 9.96. The molecule has 0 saturated carbocycles. The number of likely N-dealkylation sites (tertiary alicyclic amines) is 1. The SMILES string of the molecule is COc1ccc(OCC(O)CN2CCC(O)CC2)c(CN(C)CC(C)(C)C)c1. The van der Waals surface area contributed by atoms with Crippen LogP contribution < -0.4 is 9.47 Å². The van der Waals surface area contributed by atoms with Crippen LogP contribution in [0.4, 0.5) is 0 Å². The van der Waals surface area contributed by atoms with E-state index in [2.05, 4.69) is 37.6 Å². The van der Waals surface area contributed by atoms with Gasteiger partial charge in [0.15, 0.2) is 0 Å². The molecule has 2 rings (SSSR count). The summed E-state index contributed by atoms with van der Waals surface area (Å²) in [6, 6.07) is 5.82. The molecule has 2 N–H and O–H groups in total. The maximum Gasteiger partial charge on any atom is 0.124 e. The second-order valence-corrected chi connectivity index (χ2v) is 9.20. The van der Waals surface area contributed by atoms with Gasteiger partial charge < -0.3 is 29.5 Å². The Kier molecular flexibility index (Phi) is 8.56. The number of rotatable bonds is 9. The van der Waals surface area contributed by atoms with Crippen molar-refractivity contribution < 1.29 is 19.7 Å². The Labute approximate surface area is 170 Å². The highest BCUT2D eigenvalue weighted by atomic mass is 16.5. The number of methoxy groups -OCH3 is 1. The van der Waals surface area contributed by atoms with E-state index in [0.29, 0.717) is 6.54 Å². The summed E-state index contributed by atoms with van der Waals surface area (Å²) in [5, 5.41) is 20.0. The highest BCUT2D eigenvalue weighted by molar-refractivity contribution is 5.40. The number of hydrogen-bond donors (Lipinski definition) is 2. The predicted molar refractivity (Wildman–Crippen MR) is 112 cm³/mol. The summed E-state index contributed by atoms with van der Waals surface area (Å²) >= 11 is 0. The number of piperidine rings is 1. The Bertz CT molecular complexity index is 595. The first-order valence-electron chi connectivity index (χ1n) is 10.2. The lowest BCUT2D eigenvalue weighted by Gasteiger charge is -2.31. The van der Waals surface area contributed by atoms with E-state index in [4.69, 9.17) is 9.47 Å². The fraction of sp³-hybridized carbons (Fsp3) is 0.727. The van der Waals surface area contributed by atoms with Gasteiger partial charge in [0.05, 0.1) is 13.2 Å². The minimum Gasteiger partial charge on any atom is -0.497 e. The van der Waals surface area contributed by atoms with Crippen molar-refractivity contribution in [1.29, 1.82) is 0 Å². The molecule has 1 atom stereocenters. The molecular weight excluding hydrogens is 356 g/mol. The molecule has 160 valence electrons. The molecule has 28 heavy (non-hydrogen) atoms. The first-order valence-corrected chi connectivity index (χ1v) is 10.2. The molecule has 6 heteroatoms. The average molecular weight is 395 g/mol. The van der Waals surface area contributed by atoms with Gasteiger partial charge in [0, 0.05) is 38.3 Å². The molecule has 0 aliphatic carbocycles. The minimum absolute atomic E-state index is 0.198. The van der Waals surface area contributed by atoms with E-state index in [1.807, 2.05) is 18.2 Å². The molecule has 1 saturated heterocycles. The van der Waals surface area contributed by atoms with Gasteiger partial charge >= 0.3 is 0 Å². The van der Waals surface area contributed by atoms with Crippen molar-refractivity contribution in [2.24, 2.45) is 5.41 Å². The fourth-order valence-electron chi connectivity index (χ4n) is 3.74. The van der Waals surface area contributed by atoms with Gasteiger partial charge in [-0.05, 0) is 43.5 Å². The first-order chi connectivity index (χ1) is 13.2. The number of aliphatic hydroxyl groups is 2. The monoisotopic (exact) mass is 394 g/mol. The van der Waals surface area contributed by atoms with Crippen LogP contribution in [0, 0.1) is 5.41 Å². The summed E-state index contributed by atoms with van der Waals surface area (Å²) in [5.74, 6) is 1.59. The van der Waals surface area contributed by atoms with Crippen molar-refractivity contribution in [2.45, 2.75) is 52.4 Å². The van der Waals surface area contributed by atoms with Gasteiger partial charge in [-0.15, -0.1) is 0 Å². The molecule has 1 unspecified atom stereocenters. The Morgan fingerprint density at radius 3 is 2.54 bits per heavy atom.